The maximum atomic E-state index is 13.6. The Balaban J connectivity index is 1.23. The van der Waals surface area contributed by atoms with Crippen LogP contribution in [0.15, 0.2) is 42.6 Å². The van der Waals surface area contributed by atoms with E-state index in [0.717, 1.165) is 43.6 Å². The lowest BCUT2D eigenvalue weighted by Crippen LogP contribution is -2.55. The smallest absolute Gasteiger partial charge is 0.327 e. The van der Waals surface area contributed by atoms with E-state index in [1.807, 2.05) is 29.2 Å². The quantitative estimate of drug-likeness (QED) is 0.586. The third-order valence-electron chi connectivity index (χ3n) is 8.60. The predicted molar refractivity (Wildman–Crippen MR) is 145 cm³/mol. The summed E-state index contributed by atoms with van der Waals surface area (Å²) in [7, 11) is 3.23. The Bertz CT molecular complexity index is 1210. The molecule has 0 spiro atoms. The van der Waals surface area contributed by atoms with Gasteiger partial charge in [0, 0.05) is 50.9 Å². The number of nitrogens with two attached hydrogens (primary N) is 1. The second kappa shape index (κ2) is 10.5. The second-order valence-electron chi connectivity index (χ2n) is 10.7. The molecule has 38 heavy (non-hydrogen) atoms. The van der Waals surface area contributed by atoms with Gasteiger partial charge in [0.1, 0.15) is 5.82 Å². The molecule has 0 radical (unpaired) electrons. The number of amides is 4. The van der Waals surface area contributed by atoms with E-state index >= 15 is 0 Å². The van der Waals surface area contributed by atoms with Gasteiger partial charge in [-0.3, -0.25) is 19.4 Å². The van der Waals surface area contributed by atoms with Crippen LogP contribution in [-0.4, -0.2) is 82.7 Å². The summed E-state index contributed by atoms with van der Waals surface area (Å²) in [6.07, 6.45) is 4.68. The molecule has 202 valence electrons. The molecule has 3 saturated heterocycles. The third kappa shape index (κ3) is 4.62. The molecule has 0 bridgehead atoms. The number of nitrogens with zero attached hydrogens (tertiary/aromatic N) is 5. The van der Waals surface area contributed by atoms with Crippen LogP contribution >= 0.6 is 11.6 Å². The summed E-state index contributed by atoms with van der Waals surface area (Å²) in [5.41, 5.74) is 6.62. The van der Waals surface area contributed by atoms with Crippen molar-refractivity contribution in [3.63, 3.8) is 0 Å². The lowest BCUT2D eigenvalue weighted by atomic mass is 9.72. The van der Waals surface area contributed by atoms with Gasteiger partial charge >= 0.3 is 6.03 Å². The van der Waals surface area contributed by atoms with Crippen molar-refractivity contribution in [2.45, 2.75) is 37.8 Å². The van der Waals surface area contributed by atoms with Gasteiger partial charge in [-0.15, -0.1) is 0 Å². The van der Waals surface area contributed by atoms with Crippen molar-refractivity contribution in [1.82, 2.24) is 24.6 Å². The summed E-state index contributed by atoms with van der Waals surface area (Å²) in [5, 5.41) is 0.577. The van der Waals surface area contributed by atoms with Crippen LogP contribution in [0.2, 0.25) is 5.02 Å². The van der Waals surface area contributed by atoms with E-state index in [-0.39, 0.29) is 29.7 Å². The van der Waals surface area contributed by atoms with Crippen molar-refractivity contribution in [3.8, 4) is 0 Å². The van der Waals surface area contributed by atoms with Gasteiger partial charge < -0.3 is 15.5 Å². The minimum absolute atomic E-state index is 0.0130. The molecular weight excluding hydrogens is 504 g/mol. The SMILES string of the molecule is CN1C(=O)N(C)C(c2ccc(Cl)cc2)(C2CCN(C(=O)C3CCN(Cc4ccnc(N)c4)CC3)CC2)C1=O. The minimum atomic E-state index is -1.09. The molecule has 2 N–H and O–H groups in total. The van der Waals surface area contributed by atoms with Crippen LogP contribution in [0, 0.1) is 11.8 Å². The summed E-state index contributed by atoms with van der Waals surface area (Å²) in [6.45, 7) is 3.69. The van der Waals surface area contributed by atoms with Gasteiger partial charge in [-0.1, -0.05) is 23.7 Å². The van der Waals surface area contributed by atoms with Gasteiger partial charge in [0.25, 0.3) is 5.91 Å². The first-order chi connectivity index (χ1) is 18.2. The van der Waals surface area contributed by atoms with Crippen molar-refractivity contribution in [1.29, 1.82) is 0 Å². The Morgan fingerprint density at radius 3 is 2.26 bits per heavy atom. The number of piperidine rings is 2. The maximum Gasteiger partial charge on any atom is 0.327 e. The molecule has 4 heterocycles. The highest BCUT2D eigenvalue weighted by Gasteiger charge is 2.60. The number of rotatable bonds is 5. The van der Waals surface area contributed by atoms with Gasteiger partial charge in [0.05, 0.1) is 0 Å². The van der Waals surface area contributed by atoms with Gasteiger partial charge in [-0.2, -0.15) is 0 Å². The van der Waals surface area contributed by atoms with Crippen molar-refractivity contribution in [3.05, 3.63) is 58.7 Å². The van der Waals surface area contributed by atoms with Gasteiger partial charge in [-0.05, 0) is 80.1 Å². The average Bonchev–Trinajstić information content (AvgIpc) is 3.10. The number of pyridine rings is 1. The summed E-state index contributed by atoms with van der Waals surface area (Å²) in [4.78, 5) is 51.1. The number of likely N-dealkylation sites (N-methyl/N-ethyl adjacent to an activating group) is 2. The maximum absolute atomic E-state index is 13.6. The van der Waals surface area contributed by atoms with Crippen LogP contribution in [0.5, 0.6) is 0 Å². The first-order valence-corrected chi connectivity index (χ1v) is 13.6. The summed E-state index contributed by atoms with van der Waals surface area (Å²) < 4.78 is 0. The third-order valence-corrected chi connectivity index (χ3v) is 8.86. The van der Waals surface area contributed by atoms with Crippen LogP contribution in [0.3, 0.4) is 0 Å². The molecule has 2 aromatic rings. The number of benzene rings is 1. The van der Waals surface area contributed by atoms with Gasteiger partial charge in [-0.25, -0.2) is 9.78 Å². The molecule has 1 unspecified atom stereocenters. The fourth-order valence-electron chi connectivity index (χ4n) is 6.53. The Labute approximate surface area is 228 Å². The zero-order valence-electron chi connectivity index (χ0n) is 22.0. The first kappa shape index (κ1) is 26.4. The number of halogens is 1. The van der Waals surface area contributed by atoms with E-state index < -0.39 is 5.54 Å². The monoisotopic (exact) mass is 538 g/mol. The zero-order valence-corrected chi connectivity index (χ0v) is 22.7. The molecule has 10 heteroatoms. The van der Waals surface area contributed by atoms with Gasteiger partial charge in [0.2, 0.25) is 5.91 Å². The standard InChI is InChI=1S/C28H35ClN6O3/c1-32-26(37)28(33(2)27(32)38,21-3-5-23(29)6-4-21)22-10-15-35(16-11-22)25(36)20-8-13-34(14-9-20)18-19-7-12-31-24(30)17-19/h3-7,12,17,20,22H,8-11,13-16,18H2,1-2H3,(H2,30,31). The topological polar surface area (TPSA) is 103 Å². The molecule has 0 aliphatic carbocycles. The van der Waals surface area contributed by atoms with Crippen LogP contribution in [0.25, 0.3) is 0 Å². The molecule has 4 amide bonds. The van der Waals surface area contributed by atoms with E-state index in [4.69, 9.17) is 17.3 Å². The molecule has 3 aliphatic rings. The molecule has 1 atom stereocenters. The van der Waals surface area contributed by atoms with E-state index in [1.54, 1.807) is 30.3 Å². The Hall–Kier alpha value is -3.17. The van der Waals surface area contributed by atoms with E-state index in [9.17, 15) is 14.4 Å². The fourth-order valence-corrected chi connectivity index (χ4v) is 6.66. The van der Waals surface area contributed by atoms with Crippen molar-refractivity contribution < 1.29 is 14.4 Å². The number of nitrogen functional groups attached to an aromatic ring is 1. The molecule has 9 nitrogen and oxygen atoms in total. The number of likely N-dealkylation sites (tertiary alicyclic amines) is 2. The number of hydrogen-bond acceptors (Lipinski definition) is 6. The number of anilines is 1. The number of aromatic nitrogens is 1. The summed E-state index contributed by atoms with van der Waals surface area (Å²) in [6, 6.07) is 10.8. The molecule has 0 saturated carbocycles. The van der Waals surface area contributed by atoms with Crippen molar-refractivity contribution >= 4 is 35.3 Å². The van der Waals surface area contributed by atoms with Crippen LogP contribution < -0.4 is 5.73 Å². The molecule has 1 aromatic heterocycles. The number of carbonyl (C=O) groups excluding carboxylic acids is 3. The minimum Gasteiger partial charge on any atom is -0.384 e. The molecule has 3 aliphatic heterocycles. The number of carbonyl (C=O) groups is 3. The highest BCUT2D eigenvalue weighted by molar-refractivity contribution is 6.30. The molecule has 3 fully saturated rings. The molecule has 5 rings (SSSR count). The number of hydrogen-bond donors (Lipinski definition) is 1. The summed E-state index contributed by atoms with van der Waals surface area (Å²) in [5.74, 6) is 0.416. The lowest BCUT2D eigenvalue weighted by Gasteiger charge is -2.45. The zero-order chi connectivity index (χ0) is 27.0. The Kier molecular flexibility index (Phi) is 7.33. The fraction of sp³-hybridized carbons (Fsp3) is 0.500. The normalized spacial score (nSPS) is 23.9. The van der Waals surface area contributed by atoms with Crippen LogP contribution in [-0.2, 0) is 21.7 Å². The Morgan fingerprint density at radius 2 is 1.68 bits per heavy atom. The van der Waals surface area contributed by atoms with Crippen molar-refractivity contribution in [2.24, 2.45) is 11.8 Å². The highest BCUT2D eigenvalue weighted by atomic mass is 35.5. The lowest BCUT2D eigenvalue weighted by molar-refractivity contribution is -0.141. The van der Waals surface area contributed by atoms with Crippen molar-refractivity contribution in [2.75, 3.05) is 46.0 Å². The Morgan fingerprint density at radius 1 is 1.03 bits per heavy atom. The van der Waals surface area contributed by atoms with Gasteiger partial charge in [0.15, 0.2) is 5.54 Å². The second-order valence-corrected chi connectivity index (χ2v) is 11.2. The highest BCUT2D eigenvalue weighted by Crippen LogP contribution is 2.46. The van der Waals surface area contributed by atoms with E-state index in [0.29, 0.717) is 36.8 Å². The predicted octanol–water partition coefficient (Wildman–Crippen LogP) is 3.19. The van der Waals surface area contributed by atoms with Crippen LogP contribution in [0.4, 0.5) is 10.6 Å². The molecule has 1 aromatic carbocycles. The van der Waals surface area contributed by atoms with E-state index in [2.05, 4.69) is 9.88 Å². The number of imide groups is 1. The largest absolute Gasteiger partial charge is 0.384 e. The average molecular weight is 539 g/mol. The first-order valence-electron chi connectivity index (χ1n) is 13.3. The number of urea groups is 1. The summed E-state index contributed by atoms with van der Waals surface area (Å²) >= 11 is 6.13. The molecular formula is C28H35ClN6O3. The van der Waals surface area contributed by atoms with E-state index in [1.165, 1.54) is 11.9 Å². The van der Waals surface area contributed by atoms with Crippen LogP contribution in [0.1, 0.15) is 36.8 Å².